The lowest BCUT2D eigenvalue weighted by atomic mass is 9.77. The minimum atomic E-state index is -0.325. The van der Waals surface area contributed by atoms with Crippen molar-refractivity contribution < 1.29 is 4.92 Å². The summed E-state index contributed by atoms with van der Waals surface area (Å²) in [6, 6.07) is 13.0. The molecule has 0 unspecified atom stereocenters. The molecule has 23 heavy (non-hydrogen) atoms. The Balaban J connectivity index is 1.87. The number of halogens is 1. The van der Waals surface area contributed by atoms with Crippen LogP contribution < -0.4 is 5.32 Å². The topological polar surface area (TPSA) is 55.2 Å². The van der Waals surface area contributed by atoms with Gasteiger partial charge in [0.15, 0.2) is 0 Å². The number of allylic oxidation sites excluding steroid dienone is 2. The molecule has 4 rings (SSSR count). The Kier molecular flexibility index (Phi) is 3.34. The molecule has 1 aliphatic carbocycles. The zero-order valence-corrected chi connectivity index (χ0v) is 13.0. The fourth-order valence-corrected chi connectivity index (χ4v) is 4.05. The van der Waals surface area contributed by atoms with E-state index in [0.29, 0.717) is 16.6 Å². The Morgan fingerprint density at radius 1 is 1.13 bits per heavy atom. The van der Waals surface area contributed by atoms with Gasteiger partial charge in [-0.2, -0.15) is 0 Å². The second-order valence-corrected chi connectivity index (χ2v) is 6.40. The van der Waals surface area contributed by atoms with Gasteiger partial charge in [0.2, 0.25) is 0 Å². The molecule has 1 aliphatic heterocycles. The molecule has 0 fully saturated rings. The van der Waals surface area contributed by atoms with Crippen molar-refractivity contribution in [2.75, 3.05) is 5.32 Å². The summed E-state index contributed by atoms with van der Waals surface area (Å²) in [6.07, 6.45) is 5.27. The van der Waals surface area contributed by atoms with Crippen molar-refractivity contribution in [2.24, 2.45) is 5.92 Å². The molecule has 0 saturated carbocycles. The van der Waals surface area contributed by atoms with Crippen LogP contribution in [0.25, 0.3) is 0 Å². The molecule has 0 radical (unpaired) electrons. The molecule has 4 nitrogen and oxygen atoms in total. The predicted molar refractivity (Wildman–Crippen MR) is 90.9 cm³/mol. The van der Waals surface area contributed by atoms with Crippen LogP contribution in [-0.4, -0.2) is 4.92 Å². The Morgan fingerprint density at radius 2 is 1.91 bits per heavy atom. The Labute approximate surface area is 138 Å². The molecule has 1 N–H and O–H groups in total. The van der Waals surface area contributed by atoms with Gasteiger partial charge in [0.25, 0.3) is 5.69 Å². The standard InChI is InChI=1S/C18H15ClN2O2/c19-15-9-2-1-5-14(15)17-12-7-3-6-11(12)13-8-4-10-16(21(22)23)18(13)20-17/h1-6,8-12,17,20H,7H2/t11-,12-,17+/m1/s1. The summed E-state index contributed by atoms with van der Waals surface area (Å²) in [6.45, 7) is 0. The second kappa shape index (κ2) is 5.39. The van der Waals surface area contributed by atoms with E-state index >= 15 is 0 Å². The van der Waals surface area contributed by atoms with Crippen LogP contribution in [-0.2, 0) is 0 Å². The van der Waals surface area contributed by atoms with Crippen LogP contribution >= 0.6 is 11.6 Å². The first kappa shape index (κ1) is 14.3. The second-order valence-electron chi connectivity index (χ2n) is 6.00. The summed E-state index contributed by atoms with van der Waals surface area (Å²) in [4.78, 5) is 11.1. The van der Waals surface area contributed by atoms with Crippen molar-refractivity contribution >= 4 is 23.0 Å². The average Bonchev–Trinajstić information content (AvgIpc) is 3.04. The third-order valence-electron chi connectivity index (χ3n) is 4.81. The number of benzene rings is 2. The molecule has 0 bridgehead atoms. The number of fused-ring (bicyclic) bond motifs is 3. The monoisotopic (exact) mass is 326 g/mol. The highest BCUT2D eigenvalue weighted by atomic mass is 35.5. The lowest BCUT2D eigenvalue weighted by Gasteiger charge is -2.37. The molecule has 0 amide bonds. The SMILES string of the molecule is O=[N+]([O-])c1cccc2c1N[C@H](c1ccccc1Cl)[C@@H]1CC=C[C@@H]21. The normalized spacial score (nSPS) is 24.7. The number of rotatable bonds is 2. The first-order valence-electron chi connectivity index (χ1n) is 7.61. The number of para-hydroxylation sites is 1. The lowest BCUT2D eigenvalue weighted by molar-refractivity contribution is -0.384. The molecule has 116 valence electrons. The third-order valence-corrected chi connectivity index (χ3v) is 5.16. The van der Waals surface area contributed by atoms with Crippen molar-refractivity contribution in [1.29, 1.82) is 0 Å². The number of nitro benzene ring substituents is 1. The fourth-order valence-electron chi connectivity index (χ4n) is 3.79. The zero-order valence-electron chi connectivity index (χ0n) is 12.3. The number of nitro groups is 1. The number of nitrogens with zero attached hydrogens (tertiary/aromatic N) is 1. The summed E-state index contributed by atoms with van der Waals surface area (Å²) in [5.74, 6) is 0.511. The van der Waals surface area contributed by atoms with Crippen LogP contribution in [0.5, 0.6) is 0 Å². The Hall–Kier alpha value is -2.33. The molecular weight excluding hydrogens is 312 g/mol. The van der Waals surface area contributed by atoms with E-state index < -0.39 is 0 Å². The quantitative estimate of drug-likeness (QED) is 0.476. The van der Waals surface area contributed by atoms with Crippen LogP contribution in [0.2, 0.25) is 5.02 Å². The molecule has 3 atom stereocenters. The van der Waals surface area contributed by atoms with Gasteiger partial charge >= 0.3 is 0 Å². The molecular formula is C18H15ClN2O2. The van der Waals surface area contributed by atoms with E-state index in [9.17, 15) is 10.1 Å². The number of hydrogen-bond donors (Lipinski definition) is 1. The smallest absolute Gasteiger partial charge is 0.292 e. The predicted octanol–water partition coefficient (Wildman–Crippen LogP) is 5.07. The highest BCUT2D eigenvalue weighted by Gasteiger charge is 2.40. The van der Waals surface area contributed by atoms with Gasteiger partial charge in [0, 0.05) is 17.0 Å². The van der Waals surface area contributed by atoms with Gasteiger partial charge < -0.3 is 5.32 Å². The fraction of sp³-hybridized carbons (Fsp3) is 0.222. The van der Waals surface area contributed by atoms with E-state index in [0.717, 1.165) is 17.5 Å². The molecule has 0 spiro atoms. The molecule has 1 heterocycles. The van der Waals surface area contributed by atoms with Crippen LogP contribution in [0.4, 0.5) is 11.4 Å². The molecule has 2 aliphatic rings. The number of anilines is 1. The number of nitrogens with one attached hydrogen (secondary N) is 1. The highest BCUT2D eigenvalue weighted by Crippen LogP contribution is 2.52. The van der Waals surface area contributed by atoms with Crippen molar-refractivity contribution in [2.45, 2.75) is 18.4 Å². The lowest BCUT2D eigenvalue weighted by Crippen LogP contribution is -2.29. The number of hydrogen-bond acceptors (Lipinski definition) is 3. The van der Waals surface area contributed by atoms with Gasteiger partial charge in [-0.3, -0.25) is 10.1 Å². The molecule has 2 aromatic rings. The van der Waals surface area contributed by atoms with E-state index in [1.165, 1.54) is 0 Å². The largest absolute Gasteiger partial charge is 0.372 e. The Morgan fingerprint density at radius 3 is 2.70 bits per heavy atom. The van der Waals surface area contributed by atoms with Crippen LogP contribution in [0.15, 0.2) is 54.6 Å². The maximum atomic E-state index is 11.4. The zero-order chi connectivity index (χ0) is 16.0. The first-order valence-corrected chi connectivity index (χ1v) is 7.99. The molecule has 2 aromatic carbocycles. The summed E-state index contributed by atoms with van der Waals surface area (Å²) in [7, 11) is 0. The highest BCUT2D eigenvalue weighted by molar-refractivity contribution is 6.31. The van der Waals surface area contributed by atoms with Gasteiger partial charge in [-0.25, -0.2) is 0 Å². The van der Waals surface area contributed by atoms with Crippen LogP contribution in [0, 0.1) is 16.0 Å². The van der Waals surface area contributed by atoms with E-state index in [-0.39, 0.29) is 22.6 Å². The maximum Gasteiger partial charge on any atom is 0.292 e. The van der Waals surface area contributed by atoms with Crippen LogP contribution in [0.3, 0.4) is 0 Å². The van der Waals surface area contributed by atoms with Gasteiger partial charge in [-0.05, 0) is 29.5 Å². The van der Waals surface area contributed by atoms with Crippen LogP contribution in [0.1, 0.15) is 29.5 Å². The summed E-state index contributed by atoms with van der Waals surface area (Å²) in [5, 5.41) is 15.5. The third kappa shape index (κ3) is 2.21. The summed E-state index contributed by atoms with van der Waals surface area (Å²) in [5.41, 5.74) is 2.74. The van der Waals surface area contributed by atoms with Gasteiger partial charge in [-0.1, -0.05) is 54.1 Å². The van der Waals surface area contributed by atoms with Crippen molar-refractivity contribution in [3.05, 3.63) is 80.9 Å². The molecule has 0 aromatic heterocycles. The Bertz CT molecular complexity index is 818. The van der Waals surface area contributed by atoms with E-state index in [4.69, 9.17) is 11.6 Å². The van der Waals surface area contributed by atoms with E-state index in [1.54, 1.807) is 12.1 Å². The molecule has 0 saturated heterocycles. The van der Waals surface area contributed by atoms with E-state index in [1.807, 2.05) is 30.3 Å². The molecule has 5 heteroatoms. The minimum Gasteiger partial charge on any atom is -0.372 e. The summed E-state index contributed by atoms with van der Waals surface area (Å²) >= 11 is 6.38. The van der Waals surface area contributed by atoms with Gasteiger partial charge in [0.1, 0.15) is 5.69 Å². The average molecular weight is 327 g/mol. The van der Waals surface area contributed by atoms with Crippen molar-refractivity contribution in [3.8, 4) is 0 Å². The summed E-state index contributed by atoms with van der Waals surface area (Å²) < 4.78 is 0. The first-order chi connectivity index (χ1) is 11.2. The van der Waals surface area contributed by atoms with E-state index in [2.05, 4.69) is 17.5 Å². The maximum absolute atomic E-state index is 11.4. The minimum absolute atomic E-state index is 0.0303. The van der Waals surface area contributed by atoms with Gasteiger partial charge in [-0.15, -0.1) is 0 Å². The van der Waals surface area contributed by atoms with Crippen molar-refractivity contribution in [3.63, 3.8) is 0 Å². The van der Waals surface area contributed by atoms with Crippen molar-refractivity contribution in [1.82, 2.24) is 0 Å². The van der Waals surface area contributed by atoms with Gasteiger partial charge in [0.05, 0.1) is 11.0 Å².